The van der Waals surface area contributed by atoms with Gasteiger partial charge in [-0.05, 0) is 80.0 Å². The number of carbonyl (C=O) groups excluding carboxylic acids is 2. The minimum Gasteiger partial charge on any atom is -0.463 e. The molecule has 0 aromatic carbocycles. The SMILES string of the molecule is CC(=O)O[C@@H]1CC[C@]2(C)[C@@H]3CC[C@]4(C)C(=O)CC[C@@H]4[C@H]3CC[C@@]2(C)C1. The summed E-state index contributed by atoms with van der Waals surface area (Å²) in [5.74, 6) is 2.49. The molecule has 25 heavy (non-hydrogen) atoms. The van der Waals surface area contributed by atoms with E-state index in [1.165, 1.54) is 32.6 Å². The van der Waals surface area contributed by atoms with Crippen LogP contribution in [0.1, 0.15) is 85.5 Å². The van der Waals surface area contributed by atoms with Gasteiger partial charge in [0.1, 0.15) is 11.9 Å². The highest BCUT2D eigenvalue weighted by molar-refractivity contribution is 5.87. The Morgan fingerprint density at radius 2 is 1.76 bits per heavy atom. The molecule has 0 amide bonds. The summed E-state index contributed by atoms with van der Waals surface area (Å²) in [6.45, 7) is 8.77. The molecular formula is C22H34O3. The second-order valence-corrected chi connectivity index (χ2v) is 10.3. The summed E-state index contributed by atoms with van der Waals surface area (Å²) in [6, 6.07) is 0. The van der Waals surface area contributed by atoms with Gasteiger partial charge in [0.25, 0.3) is 0 Å². The van der Waals surface area contributed by atoms with E-state index in [0.717, 1.165) is 43.9 Å². The van der Waals surface area contributed by atoms with Crippen molar-refractivity contribution in [1.29, 1.82) is 0 Å². The second-order valence-electron chi connectivity index (χ2n) is 10.3. The van der Waals surface area contributed by atoms with E-state index in [9.17, 15) is 9.59 Å². The van der Waals surface area contributed by atoms with Crippen LogP contribution in [-0.4, -0.2) is 17.9 Å². The van der Waals surface area contributed by atoms with E-state index in [1.807, 2.05) is 0 Å². The number of carbonyl (C=O) groups is 2. The van der Waals surface area contributed by atoms with Crippen molar-refractivity contribution in [2.75, 3.05) is 0 Å². The van der Waals surface area contributed by atoms with Gasteiger partial charge in [-0.2, -0.15) is 0 Å². The quantitative estimate of drug-likeness (QED) is 0.633. The third kappa shape index (κ3) is 2.36. The minimum absolute atomic E-state index is 0.0276. The molecule has 0 bridgehead atoms. The number of ketones is 1. The van der Waals surface area contributed by atoms with Crippen molar-refractivity contribution in [3.63, 3.8) is 0 Å². The van der Waals surface area contributed by atoms with Gasteiger partial charge in [-0.1, -0.05) is 20.8 Å². The minimum atomic E-state index is -0.135. The lowest BCUT2D eigenvalue weighted by molar-refractivity contribution is -0.181. The summed E-state index contributed by atoms with van der Waals surface area (Å²) in [6.07, 6.45) is 10.0. The Hall–Kier alpha value is -0.860. The van der Waals surface area contributed by atoms with E-state index in [1.54, 1.807) is 0 Å². The van der Waals surface area contributed by atoms with Crippen LogP contribution in [0.5, 0.6) is 0 Å². The Bertz CT molecular complexity index is 598. The molecule has 0 spiro atoms. The van der Waals surface area contributed by atoms with Gasteiger partial charge < -0.3 is 4.74 Å². The molecule has 4 rings (SSSR count). The lowest BCUT2D eigenvalue weighted by Crippen LogP contribution is -2.58. The second kappa shape index (κ2) is 5.57. The fraction of sp³-hybridized carbons (Fsp3) is 0.909. The van der Waals surface area contributed by atoms with Crippen LogP contribution in [0.2, 0.25) is 0 Å². The van der Waals surface area contributed by atoms with Crippen molar-refractivity contribution in [1.82, 2.24) is 0 Å². The van der Waals surface area contributed by atoms with Crippen molar-refractivity contribution in [3.05, 3.63) is 0 Å². The smallest absolute Gasteiger partial charge is 0.302 e. The van der Waals surface area contributed by atoms with Gasteiger partial charge in [0.2, 0.25) is 0 Å². The van der Waals surface area contributed by atoms with Crippen molar-refractivity contribution in [2.45, 2.75) is 91.6 Å². The molecule has 0 aromatic rings. The first-order valence-electron chi connectivity index (χ1n) is 10.4. The Morgan fingerprint density at radius 3 is 2.48 bits per heavy atom. The maximum Gasteiger partial charge on any atom is 0.302 e. The summed E-state index contributed by atoms with van der Waals surface area (Å²) < 4.78 is 5.60. The Kier molecular flexibility index (Phi) is 3.91. The van der Waals surface area contributed by atoms with Gasteiger partial charge in [0.15, 0.2) is 0 Å². The van der Waals surface area contributed by atoms with E-state index in [-0.39, 0.29) is 22.9 Å². The zero-order chi connectivity index (χ0) is 18.0. The van der Waals surface area contributed by atoms with Gasteiger partial charge in [-0.25, -0.2) is 0 Å². The number of rotatable bonds is 1. The average molecular weight is 347 g/mol. The summed E-state index contributed by atoms with van der Waals surface area (Å²) in [5, 5.41) is 0. The predicted molar refractivity (Wildman–Crippen MR) is 96.9 cm³/mol. The topological polar surface area (TPSA) is 43.4 Å². The largest absolute Gasteiger partial charge is 0.463 e. The molecule has 4 fully saturated rings. The van der Waals surface area contributed by atoms with Gasteiger partial charge in [0.05, 0.1) is 0 Å². The molecule has 0 aliphatic heterocycles. The molecule has 0 aromatic heterocycles. The fourth-order valence-electron chi connectivity index (χ4n) is 7.69. The van der Waals surface area contributed by atoms with E-state index < -0.39 is 0 Å². The van der Waals surface area contributed by atoms with E-state index in [0.29, 0.717) is 17.1 Å². The molecule has 0 saturated heterocycles. The number of esters is 1. The number of ether oxygens (including phenoxy) is 1. The van der Waals surface area contributed by atoms with E-state index in [4.69, 9.17) is 4.74 Å². The van der Waals surface area contributed by atoms with Crippen LogP contribution >= 0.6 is 0 Å². The average Bonchev–Trinajstić information content (AvgIpc) is 2.84. The highest BCUT2D eigenvalue weighted by Gasteiger charge is 2.63. The van der Waals surface area contributed by atoms with E-state index >= 15 is 0 Å². The van der Waals surface area contributed by atoms with Crippen molar-refractivity contribution in [3.8, 4) is 0 Å². The van der Waals surface area contributed by atoms with Crippen molar-refractivity contribution in [2.24, 2.45) is 34.0 Å². The van der Waals surface area contributed by atoms with Crippen LogP contribution in [-0.2, 0) is 14.3 Å². The van der Waals surface area contributed by atoms with Crippen molar-refractivity contribution >= 4 is 11.8 Å². The van der Waals surface area contributed by atoms with Crippen LogP contribution in [0.15, 0.2) is 0 Å². The van der Waals surface area contributed by atoms with Crippen LogP contribution in [0.3, 0.4) is 0 Å². The first kappa shape index (κ1) is 17.5. The zero-order valence-corrected chi connectivity index (χ0v) is 16.4. The van der Waals surface area contributed by atoms with Gasteiger partial charge in [0, 0.05) is 18.8 Å². The molecule has 3 nitrogen and oxygen atoms in total. The standard InChI is InChI=1S/C22H34O3/c1-14(23)25-15-7-12-22(4)18-9-11-21(3)17(5-6-19(21)24)16(18)8-10-20(22,2)13-15/h15-18H,5-13H2,1-4H3/t15-,16-,17-,18-,20+,21+,22-/m1/s1. The first-order valence-corrected chi connectivity index (χ1v) is 10.4. The molecule has 0 radical (unpaired) electrons. The molecule has 4 saturated carbocycles. The number of hydrogen-bond donors (Lipinski definition) is 0. The highest BCUT2D eigenvalue weighted by Crippen LogP contribution is 2.69. The monoisotopic (exact) mass is 346 g/mol. The predicted octanol–water partition coefficient (Wildman–Crippen LogP) is 4.92. The van der Waals surface area contributed by atoms with Gasteiger partial charge in [-0.15, -0.1) is 0 Å². The molecule has 140 valence electrons. The normalized spacial score (nSPS) is 52.1. The first-order chi connectivity index (χ1) is 11.7. The number of Topliss-reactive ketones (excluding diaryl/α,β-unsaturated/α-hetero) is 1. The summed E-state index contributed by atoms with van der Waals surface area (Å²) in [4.78, 5) is 23.9. The number of hydrogen-bond acceptors (Lipinski definition) is 3. The molecule has 4 aliphatic carbocycles. The lowest BCUT2D eigenvalue weighted by atomic mass is 9.40. The van der Waals surface area contributed by atoms with Crippen LogP contribution in [0.25, 0.3) is 0 Å². The molecule has 0 N–H and O–H groups in total. The zero-order valence-electron chi connectivity index (χ0n) is 16.4. The number of fused-ring (bicyclic) bond motifs is 5. The Labute approximate surface area is 152 Å². The lowest BCUT2D eigenvalue weighted by Gasteiger charge is -2.64. The molecule has 4 aliphatic rings. The third-order valence-electron chi connectivity index (χ3n) is 9.37. The molecule has 7 atom stereocenters. The van der Waals surface area contributed by atoms with Crippen molar-refractivity contribution < 1.29 is 14.3 Å². The molecule has 0 heterocycles. The van der Waals surface area contributed by atoms with Crippen LogP contribution in [0.4, 0.5) is 0 Å². The third-order valence-corrected chi connectivity index (χ3v) is 9.37. The summed E-state index contributed by atoms with van der Waals surface area (Å²) in [5.41, 5.74) is 0.572. The van der Waals surface area contributed by atoms with E-state index in [2.05, 4.69) is 20.8 Å². The summed E-state index contributed by atoms with van der Waals surface area (Å²) in [7, 11) is 0. The summed E-state index contributed by atoms with van der Waals surface area (Å²) >= 11 is 0. The molecule has 0 unspecified atom stereocenters. The van der Waals surface area contributed by atoms with Gasteiger partial charge in [-0.3, -0.25) is 9.59 Å². The fourth-order valence-corrected chi connectivity index (χ4v) is 7.69. The molecular weight excluding hydrogens is 312 g/mol. The van der Waals surface area contributed by atoms with Crippen LogP contribution in [0, 0.1) is 34.0 Å². The Morgan fingerprint density at radius 1 is 1.00 bits per heavy atom. The van der Waals surface area contributed by atoms with Gasteiger partial charge >= 0.3 is 5.97 Å². The van der Waals surface area contributed by atoms with Crippen LogP contribution < -0.4 is 0 Å². The maximum atomic E-state index is 12.5. The maximum absolute atomic E-state index is 12.5. The molecule has 3 heteroatoms. The highest BCUT2D eigenvalue weighted by atomic mass is 16.5. The Balaban J connectivity index is 1.60.